The molecule has 0 radical (unpaired) electrons. The lowest BCUT2D eigenvalue weighted by Gasteiger charge is -2.10. The van der Waals surface area contributed by atoms with Gasteiger partial charge in [-0.1, -0.05) is 35.3 Å². The van der Waals surface area contributed by atoms with Crippen molar-refractivity contribution in [3.05, 3.63) is 70.1 Å². The number of fused-ring (bicyclic) bond motifs is 1. The second kappa shape index (κ2) is 6.52. The fourth-order valence-corrected chi connectivity index (χ4v) is 2.76. The molecule has 6 heteroatoms. The van der Waals surface area contributed by atoms with E-state index in [4.69, 9.17) is 23.2 Å². The van der Waals surface area contributed by atoms with E-state index >= 15 is 0 Å². The number of anilines is 1. The first-order valence-electron chi connectivity index (χ1n) is 6.81. The first-order valence-corrected chi connectivity index (χ1v) is 7.57. The maximum absolute atomic E-state index is 13.8. The number of amides is 1. The van der Waals surface area contributed by atoms with Crippen LogP contribution in [0, 0.1) is 5.82 Å². The second-order valence-corrected chi connectivity index (χ2v) is 5.80. The molecule has 116 valence electrons. The molecule has 0 fully saturated rings. The summed E-state index contributed by atoms with van der Waals surface area (Å²) in [5, 5.41) is 4.22. The van der Waals surface area contributed by atoms with Gasteiger partial charge < -0.3 is 5.32 Å². The van der Waals surface area contributed by atoms with Crippen LogP contribution in [0.25, 0.3) is 10.9 Å². The van der Waals surface area contributed by atoms with Crippen molar-refractivity contribution in [2.45, 2.75) is 6.42 Å². The number of rotatable bonds is 3. The Hall–Kier alpha value is -2.17. The molecule has 0 bridgehead atoms. The molecule has 1 N–H and O–H groups in total. The molecule has 3 rings (SSSR count). The maximum Gasteiger partial charge on any atom is 0.229 e. The number of carbonyl (C=O) groups excluding carboxylic acids is 1. The molecule has 0 saturated heterocycles. The Morgan fingerprint density at radius 3 is 2.78 bits per heavy atom. The van der Waals surface area contributed by atoms with Gasteiger partial charge in [0.05, 0.1) is 17.6 Å². The van der Waals surface area contributed by atoms with Gasteiger partial charge in [0.1, 0.15) is 5.82 Å². The third kappa shape index (κ3) is 3.44. The van der Waals surface area contributed by atoms with E-state index < -0.39 is 11.7 Å². The van der Waals surface area contributed by atoms with Crippen molar-refractivity contribution in [3.8, 4) is 0 Å². The average molecular weight is 349 g/mol. The van der Waals surface area contributed by atoms with Gasteiger partial charge in [0, 0.05) is 27.2 Å². The van der Waals surface area contributed by atoms with Crippen molar-refractivity contribution in [1.29, 1.82) is 0 Å². The van der Waals surface area contributed by atoms with Gasteiger partial charge in [-0.25, -0.2) is 4.39 Å². The molecule has 0 spiro atoms. The first-order chi connectivity index (χ1) is 11.0. The van der Waals surface area contributed by atoms with Crippen LogP contribution >= 0.6 is 23.2 Å². The molecule has 3 aromatic rings. The van der Waals surface area contributed by atoms with E-state index in [1.165, 1.54) is 12.1 Å². The highest BCUT2D eigenvalue weighted by atomic mass is 35.5. The summed E-state index contributed by atoms with van der Waals surface area (Å²) < 4.78 is 13.8. The molecule has 2 aromatic carbocycles. The van der Waals surface area contributed by atoms with E-state index in [-0.39, 0.29) is 17.0 Å². The zero-order valence-corrected chi connectivity index (χ0v) is 13.3. The average Bonchev–Trinajstić information content (AvgIpc) is 2.51. The number of carbonyl (C=O) groups is 1. The number of pyridine rings is 1. The Morgan fingerprint density at radius 2 is 2.00 bits per heavy atom. The molecule has 0 aliphatic carbocycles. The minimum Gasteiger partial charge on any atom is -0.324 e. The summed E-state index contributed by atoms with van der Waals surface area (Å²) in [4.78, 5) is 16.5. The van der Waals surface area contributed by atoms with Gasteiger partial charge in [0.2, 0.25) is 5.91 Å². The molecule has 3 nitrogen and oxygen atoms in total. The van der Waals surface area contributed by atoms with Gasteiger partial charge in [0.15, 0.2) is 0 Å². The Balaban J connectivity index is 1.89. The highest BCUT2D eigenvalue weighted by Crippen LogP contribution is 2.27. The lowest BCUT2D eigenvalue weighted by molar-refractivity contribution is -0.115. The van der Waals surface area contributed by atoms with Gasteiger partial charge in [-0.15, -0.1) is 0 Å². The molecular formula is C17H11Cl2FN2O. The van der Waals surface area contributed by atoms with Crippen LogP contribution in [0.1, 0.15) is 5.56 Å². The Morgan fingerprint density at radius 1 is 1.17 bits per heavy atom. The van der Waals surface area contributed by atoms with Crippen LogP contribution in [-0.4, -0.2) is 10.9 Å². The molecule has 0 saturated carbocycles. The van der Waals surface area contributed by atoms with Gasteiger partial charge in [-0.3, -0.25) is 9.78 Å². The van der Waals surface area contributed by atoms with Crippen LogP contribution in [-0.2, 0) is 11.2 Å². The lowest BCUT2D eigenvalue weighted by Crippen LogP contribution is -2.16. The Bertz CT molecular complexity index is 879. The van der Waals surface area contributed by atoms with E-state index in [1.807, 2.05) is 6.07 Å². The van der Waals surface area contributed by atoms with E-state index in [0.29, 0.717) is 16.2 Å². The van der Waals surface area contributed by atoms with E-state index in [9.17, 15) is 9.18 Å². The summed E-state index contributed by atoms with van der Waals surface area (Å²) in [5.41, 5.74) is 1.25. The lowest BCUT2D eigenvalue weighted by atomic mass is 10.1. The van der Waals surface area contributed by atoms with E-state index in [0.717, 1.165) is 5.39 Å². The first kappa shape index (κ1) is 15.7. The quantitative estimate of drug-likeness (QED) is 0.734. The topological polar surface area (TPSA) is 42.0 Å². The molecular weight excluding hydrogens is 338 g/mol. The summed E-state index contributed by atoms with van der Waals surface area (Å²) >= 11 is 12.0. The molecule has 0 atom stereocenters. The number of nitrogens with one attached hydrogen (secondary N) is 1. The summed E-state index contributed by atoms with van der Waals surface area (Å²) in [6.45, 7) is 0. The molecule has 0 unspecified atom stereocenters. The minimum absolute atomic E-state index is 0.158. The van der Waals surface area contributed by atoms with Crippen molar-refractivity contribution in [1.82, 2.24) is 4.98 Å². The number of hydrogen-bond donors (Lipinski definition) is 1. The van der Waals surface area contributed by atoms with Gasteiger partial charge in [-0.05, 0) is 30.3 Å². The van der Waals surface area contributed by atoms with Gasteiger partial charge >= 0.3 is 0 Å². The monoisotopic (exact) mass is 348 g/mol. The SMILES string of the molecule is O=C(Cc1c(F)cccc1Cl)Nc1cc(Cl)cc2cccnc12. The minimum atomic E-state index is -0.512. The smallest absolute Gasteiger partial charge is 0.229 e. The third-order valence-electron chi connectivity index (χ3n) is 3.34. The fourth-order valence-electron chi connectivity index (χ4n) is 2.31. The molecule has 1 amide bonds. The van der Waals surface area contributed by atoms with E-state index in [2.05, 4.69) is 10.3 Å². The van der Waals surface area contributed by atoms with Crippen LogP contribution < -0.4 is 5.32 Å². The van der Waals surface area contributed by atoms with Gasteiger partial charge in [-0.2, -0.15) is 0 Å². The predicted molar refractivity (Wildman–Crippen MR) is 90.5 cm³/mol. The van der Waals surface area contributed by atoms with Crippen molar-refractivity contribution < 1.29 is 9.18 Å². The summed E-state index contributed by atoms with van der Waals surface area (Å²) in [6, 6.07) is 11.3. The number of nitrogens with zero attached hydrogens (tertiary/aromatic N) is 1. The predicted octanol–water partition coefficient (Wildman–Crippen LogP) is 4.86. The number of aromatic nitrogens is 1. The van der Waals surface area contributed by atoms with Crippen molar-refractivity contribution in [2.24, 2.45) is 0 Å². The molecule has 1 heterocycles. The third-order valence-corrected chi connectivity index (χ3v) is 3.92. The number of halogens is 3. The molecule has 0 aliphatic heterocycles. The zero-order valence-electron chi connectivity index (χ0n) is 11.8. The summed E-state index contributed by atoms with van der Waals surface area (Å²) in [7, 11) is 0. The number of hydrogen-bond acceptors (Lipinski definition) is 2. The highest BCUT2D eigenvalue weighted by Gasteiger charge is 2.14. The van der Waals surface area contributed by atoms with Crippen molar-refractivity contribution in [3.63, 3.8) is 0 Å². The fraction of sp³-hybridized carbons (Fsp3) is 0.0588. The second-order valence-electron chi connectivity index (χ2n) is 4.95. The summed E-state index contributed by atoms with van der Waals surface area (Å²) in [6.07, 6.45) is 1.45. The van der Waals surface area contributed by atoms with Crippen LogP contribution in [0.3, 0.4) is 0 Å². The van der Waals surface area contributed by atoms with Crippen molar-refractivity contribution >= 4 is 45.7 Å². The van der Waals surface area contributed by atoms with Crippen LogP contribution in [0.2, 0.25) is 10.0 Å². The maximum atomic E-state index is 13.8. The standard InChI is InChI=1S/C17H11Cl2FN2O/c18-11-7-10-3-2-6-21-17(10)15(8-11)22-16(23)9-12-13(19)4-1-5-14(12)20/h1-8H,9H2,(H,22,23). The highest BCUT2D eigenvalue weighted by molar-refractivity contribution is 6.32. The zero-order chi connectivity index (χ0) is 16.4. The molecule has 1 aromatic heterocycles. The molecule has 0 aliphatic rings. The molecule has 23 heavy (non-hydrogen) atoms. The largest absolute Gasteiger partial charge is 0.324 e. The van der Waals surface area contributed by atoms with Crippen LogP contribution in [0.15, 0.2) is 48.7 Å². The van der Waals surface area contributed by atoms with E-state index in [1.54, 1.807) is 30.5 Å². The van der Waals surface area contributed by atoms with Gasteiger partial charge in [0.25, 0.3) is 0 Å². The Labute approximate surface area is 142 Å². The van der Waals surface area contributed by atoms with Crippen LogP contribution in [0.5, 0.6) is 0 Å². The van der Waals surface area contributed by atoms with Crippen molar-refractivity contribution in [2.75, 3.05) is 5.32 Å². The number of benzene rings is 2. The summed E-state index contributed by atoms with van der Waals surface area (Å²) in [5.74, 6) is -0.909. The normalized spacial score (nSPS) is 10.7. The Kier molecular flexibility index (Phi) is 4.46. The van der Waals surface area contributed by atoms with Crippen LogP contribution in [0.4, 0.5) is 10.1 Å².